The monoisotopic (exact) mass is 392 g/mol. The molecule has 0 bridgehead atoms. The Morgan fingerprint density at radius 3 is 2.96 bits per heavy atom. The number of hydrogen-bond acceptors (Lipinski definition) is 7. The lowest BCUT2D eigenvalue weighted by Crippen LogP contribution is -2.00. The number of halogens is 1. The minimum absolute atomic E-state index is 0. The summed E-state index contributed by atoms with van der Waals surface area (Å²) in [4.78, 5) is 17.8. The number of unbranched alkanes of at least 4 members (excludes halogenated alkanes) is 1. The van der Waals surface area contributed by atoms with Crippen LogP contribution in [0.4, 0.5) is 0 Å². The predicted molar refractivity (Wildman–Crippen MR) is 104 cm³/mol. The third kappa shape index (κ3) is 3.62. The maximum Gasteiger partial charge on any atom is 0.177 e. The highest BCUT2D eigenvalue weighted by Crippen LogP contribution is 2.35. The highest BCUT2D eigenvalue weighted by Gasteiger charge is 2.15. The number of aryl methyl sites for hydroxylation is 1. The minimum atomic E-state index is 0. The lowest BCUT2D eigenvalue weighted by molar-refractivity contribution is 0.598. The Bertz CT molecular complexity index is 1010. The molecule has 4 aromatic rings. The zero-order valence-electron chi connectivity index (χ0n) is 13.6. The lowest BCUT2D eigenvalue weighted by Gasteiger charge is -2.05. The Hall–Kier alpha value is -1.74. The van der Waals surface area contributed by atoms with E-state index in [1.54, 1.807) is 35.6 Å². The average Bonchev–Trinajstić information content (AvgIpc) is 3.13. The molecule has 130 valence electrons. The van der Waals surface area contributed by atoms with E-state index < -0.39 is 0 Å². The molecule has 0 saturated carbocycles. The molecule has 0 saturated heterocycles. The van der Waals surface area contributed by atoms with Crippen LogP contribution in [0, 0.1) is 0 Å². The second kappa shape index (κ2) is 7.65. The molecule has 0 radical (unpaired) electrons. The van der Waals surface area contributed by atoms with E-state index in [0.29, 0.717) is 5.02 Å². The zero-order valence-corrected chi connectivity index (χ0v) is 16.0. The van der Waals surface area contributed by atoms with E-state index in [4.69, 9.17) is 16.6 Å². The Kier molecular flexibility index (Phi) is 5.53. The Morgan fingerprint density at radius 1 is 1.24 bits per heavy atom. The van der Waals surface area contributed by atoms with Crippen LogP contribution in [0.1, 0.15) is 19.8 Å². The van der Waals surface area contributed by atoms with Crippen molar-refractivity contribution in [2.24, 2.45) is 0 Å². The predicted octanol–water partition coefficient (Wildman–Crippen LogP) is 5.20. The van der Waals surface area contributed by atoms with E-state index in [-0.39, 0.29) is 6.15 Å². The first-order valence-corrected chi connectivity index (χ1v) is 9.66. The number of aromatic nitrogens is 5. The minimum Gasteiger partial charge on any atom is -0.344 e. The van der Waals surface area contributed by atoms with Crippen molar-refractivity contribution in [3.63, 3.8) is 0 Å². The summed E-state index contributed by atoms with van der Waals surface area (Å²) >= 11 is 9.27. The number of benzene rings is 1. The second-order valence-electron chi connectivity index (χ2n) is 5.33. The van der Waals surface area contributed by atoms with Gasteiger partial charge in [0.15, 0.2) is 15.1 Å². The molecule has 0 atom stereocenters. The first kappa shape index (κ1) is 18.1. The van der Waals surface area contributed by atoms with Gasteiger partial charge < -0.3 is 10.7 Å². The average molecular weight is 393 g/mol. The first-order chi connectivity index (χ1) is 11.7. The van der Waals surface area contributed by atoms with Gasteiger partial charge in [-0.2, -0.15) is 0 Å². The van der Waals surface area contributed by atoms with E-state index in [9.17, 15) is 0 Å². The molecule has 3 N–H and O–H groups in total. The summed E-state index contributed by atoms with van der Waals surface area (Å²) in [6, 6.07) is 5.79. The van der Waals surface area contributed by atoms with E-state index in [1.807, 2.05) is 18.2 Å². The third-order valence-electron chi connectivity index (χ3n) is 3.62. The van der Waals surface area contributed by atoms with Crippen molar-refractivity contribution in [1.82, 2.24) is 30.7 Å². The molecule has 0 aliphatic heterocycles. The van der Waals surface area contributed by atoms with Crippen LogP contribution < -0.4 is 6.15 Å². The molecule has 0 amide bonds. The van der Waals surface area contributed by atoms with Gasteiger partial charge in [0.2, 0.25) is 0 Å². The SMILES string of the molecule is CCCCn1c(Sc2nc3cc(Cl)ccc3s2)nc2cncnc21.N. The molecular formula is C16H17ClN6S2. The molecular weight excluding hydrogens is 376 g/mol. The van der Waals surface area contributed by atoms with Crippen molar-refractivity contribution in [2.75, 3.05) is 0 Å². The Labute approximate surface area is 158 Å². The molecule has 0 fully saturated rings. The summed E-state index contributed by atoms with van der Waals surface area (Å²) in [6.45, 7) is 3.07. The number of rotatable bonds is 5. The highest BCUT2D eigenvalue weighted by atomic mass is 35.5. The molecule has 0 spiro atoms. The van der Waals surface area contributed by atoms with Crippen molar-refractivity contribution in [3.8, 4) is 0 Å². The van der Waals surface area contributed by atoms with Gasteiger partial charge in [0.1, 0.15) is 11.8 Å². The lowest BCUT2D eigenvalue weighted by atomic mass is 10.3. The van der Waals surface area contributed by atoms with Crippen molar-refractivity contribution >= 4 is 56.1 Å². The Balaban J connectivity index is 0.00000182. The summed E-state index contributed by atoms with van der Waals surface area (Å²) in [5.41, 5.74) is 2.62. The summed E-state index contributed by atoms with van der Waals surface area (Å²) in [7, 11) is 0. The molecule has 0 aliphatic rings. The number of nitrogens with zero attached hydrogens (tertiary/aromatic N) is 5. The van der Waals surface area contributed by atoms with Gasteiger partial charge in [0.25, 0.3) is 0 Å². The standard InChI is InChI=1S/C16H14ClN5S2.H3N/c1-2-3-6-22-14-12(8-18-9-19-14)20-15(22)24-16-21-11-7-10(17)4-5-13(11)23-16;/h4-5,7-9H,2-3,6H2,1H3;1H3. The topological polar surface area (TPSA) is 91.5 Å². The number of fused-ring (bicyclic) bond motifs is 2. The molecule has 0 aliphatic carbocycles. The maximum atomic E-state index is 6.05. The van der Waals surface area contributed by atoms with Gasteiger partial charge in [-0.05, 0) is 36.4 Å². The zero-order chi connectivity index (χ0) is 16.5. The maximum absolute atomic E-state index is 6.05. The quantitative estimate of drug-likeness (QED) is 0.501. The van der Waals surface area contributed by atoms with Crippen LogP contribution in [0.25, 0.3) is 21.4 Å². The summed E-state index contributed by atoms with van der Waals surface area (Å²) in [6.07, 6.45) is 5.53. The fourth-order valence-electron chi connectivity index (χ4n) is 2.45. The molecule has 0 unspecified atom stereocenters. The molecule has 4 rings (SSSR count). The third-order valence-corrected chi connectivity index (χ3v) is 5.95. The number of imidazole rings is 1. The highest BCUT2D eigenvalue weighted by molar-refractivity contribution is 8.01. The van der Waals surface area contributed by atoms with Crippen molar-refractivity contribution < 1.29 is 0 Å². The Morgan fingerprint density at radius 2 is 2.12 bits per heavy atom. The van der Waals surface area contributed by atoms with E-state index in [0.717, 1.165) is 50.3 Å². The second-order valence-corrected chi connectivity index (χ2v) is 8.01. The van der Waals surface area contributed by atoms with Crippen LogP contribution in [-0.4, -0.2) is 24.5 Å². The molecule has 3 aromatic heterocycles. The summed E-state index contributed by atoms with van der Waals surface area (Å²) in [5, 5.41) is 1.61. The fourth-order valence-corrected chi connectivity index (χ4v) is 4.69. The van der Waals surface area contributed by atoms with Crippen LogP contribution in [0.3, 0.4) is 0 Å². The van der Waals surface area contributed by atoms with Gasteiger partial charge in [-0.1, -0.05) is 24.9 Å². The van der Waals surface area contributed by atoms with Gasteiger partial charge in [0, 0.05) is 11.6 Å². The molecule has 9 heteroatoms. The van der Waals surface area contributed by atoms with Crippen molar-refractivity contribution in [3.05, 3.63) is 35.7 Å². The van der Waals surface area contributed by atoms with Gasteiger partial charge in [-0.25, -0.2) is 19.9 Å². The van der Waals surface area contributed by atoms with Gasteiger partial charge in [-0.3, -0.25) is 0 Å². The largest absolute Gasteiger partial charge is 0.344 e. The first-order valence-electron chi connectivity index (χ1n) is 7.65. The van der Waals surface area contributed by atoms with Gasteiger partial charge in [0.05, 0.1) is 16.4 Å². The van der Waals surface area contributed by atoms with Crippen molar-refractivity contribution in [1.29, 1.82) is 0 Å². The number of thiazole rings is 1. The van der Waals surface area contributed by atoms with E-state index in [1.165, 1.54) is 0 Å². The van der Waals surface area contributed by atoms with E-state index >= 15 is 0 Å². The van der Waals surface area contributed by atoms with E-state index in [2.05, 4.69) is 26.4 Å². The summed E-state index contributed by atoms with van der Waals surface area (Å²) < 4.78 is 4.23. The molecule has 25 heavy (non-hydrogen) atoms. The van der Waals surface area contributed by atoms with Gasteiger partial charge >= 0.3 is 0 Å². The van der Waals surface area contributed by atoms with Crippen LogP contribution >= 0.6 is 34.7 Å². The van der Waals surface area contributed by atoms with Gasteiger partial charge in [-0.15, -0.1) is 11.3 Å². The number of hydrogen-bond donors (Lipinski definition) is 1. The molecule has 1 aromatic carbocycles. The van der Waals surface area contributed by atoms with Crippen LogP contribution in [0.2, 0.25) is 5.02 Å². The fraction of sp³-hybridized carbons (Fsp3) is 0.250. The smallest absolute Gasteiger partial charge is 0.177 e. The summed E-state index contributed by atoms with van der Waals surface area (Å²) in [5.74, 6) is 0. The van der Waals surface area contributed by atoms with Crippen LogP contribution in [0.5, 0.6) is 0 Å². The van der Waals surface area contributed by atoms with Crippen LogP contribution in [0.15, 0.2) is 40.2 Å². The molecule has 6 nitrogen and oxygen atoms in total. The molecule has 3 heterocycles. The van der Waals surface area contributed by atoms with Crippen LogP contribution in [-0.2, 0) is 6.54 Å². The van der Waals surface area contributed by atoms with Crippen molar-refractivity contribution in [2.45, 2.75) is 35.8 Å². The normalized spacial score (nSPS) is 11.1.